The summed E-state index contributed by atoms with van der Waals surface area (Å²) in [6, 6.07) is 7.05. The number of fused-ring (bicyclic) bond motifs is 1. The number of hydrogen-bond donors (Lipinski definition) is 2. The van der Waals surface area contributed by atoms with Gasteiger partial charge in [0, 0.05) is 11.3 Å². The molecule has 11 heavy (non-hydrogen) atoms. The van der Waals surface area contributed by atoms with E-state index in [1.807, 2.05) is 6.07 Å². The lowest BCUT2D eigenvalue weighted by atomic mass is 10.1. The van der Waals surface area contributed by atoms with Gasteiger partial charge in [0.25, 0.3) is 0 Å². The maximum Gasteiger partial charge on any atom is 0.213 e. The first kappa shape index (κ1) is 6.37. The molecule has 0 radical (unpaired) electrons. The Morgan fingerprint density at radius 1 is 1.36 bits per heavy atom. The van der Waals surface area contributed by atoms with Crippen molar-refractivity contribution >= 4 is 11.5 Å². The lowest BCUT2D eigenvalue weighted by Gasteiger charge is -1.97. The minimum Gasteiger partial charge on any atom is -0.367 e. The molecule has 0 fully saturated rings. The standard InChI is InChI=1S/C8H7NO2/c10-7-5-3-1-2-4-6(5)9-8(7)11/h1-4,8-9,11H. The van der Waals surface area contributed by atoms with Gasteiger partial charge < -0.3 is 10.4 Å². The van der Waals surface area contributed by atoms with Gasteiger partial charge in [0.2, 0.25) is 5.78 Å². The minimum atomic E-state index is -1.05. The second kappa shape index (κ2) is 2.07. The van der Waals surface area contributed by atoms with E-state index in [4.69, 9.17) is 5.11 Å². The molecule has 1 aliphatic heterocycles. The maximum absolute atomic E-state index is 11.1. The maximum atomic E-state index is 11.1. The Labute approximate surface area is 63.7 Å². The van der Waals surface area contributed by atoms with Gasteiger partial charge in [-0.15, -0.1) is 0 Å². The van der Waals surface area contributed by atoms with Crippen LogP contribution in [0.3, 0.4) is 0 Å². The summed E-state index contributed by atoms with van der Waals surface area (Å²) in [5.74, 6) is -0.249. The van der Waals surface area contributed by atoms with Gasteiger partial charge in [-0.1, -0.05) is 12.1 Å². The van der Waals surface area contributed by atoms with Crippen molar-refractivity contribution in [3.8, 4) is 0 Å². The number of benzene rings is 1. The molecular formula is C8H7NO2. The van der Waals surface area contributed by atoms with E-state index in [9.17, 15) is 4.79 Å². The molecule has 1 heterocycles. The second-order valence-corrected chi connectivity index (χ2v) is 2.46. The molecule has 2 N–H and O–H groups in total. The zero-order valence-electron chi connectivity index (χ0n) is 5.74. The van der Waals surface area contributed by atoms with Crippen LogP contribution in [-0.4, -0.2) is 17.1 Å². The number of carbonyl (C=O) groups is 1. The van der Waals surface area contributed by atoms with Gasteiger partial charge in [-0.05, 0) is 12.1 Å². The molecule has 1 unspecified atom stereocenters. The number of aliphatic hydroxyl groups is 1. The molecule has 1 aliphatic rings. The minimum absolute atomic E-state index is 0.249. The fourth-order valence-electron chi connectivity index (χ4n) is 1.18. The molecule has 0 saturated heterocycles. The number of para-hydroxylation sites is 1. The fraction of sp³-hybridized carbons (Fsp3) is 0.125. The van der Waals surface area contributed by atoms with Crippen molar-refractivity contribution in [2.24, 2.45) is 0 Å². The molecule has 0 aliphatic carbocycles. The van der Waals surface area contributed by atoms with Crippen LogP contribution in [-0.2, 0) is 0 Å². The van der Waals surface area contributed by atoms with E-state index in [0.717, 1.165) is 0 Å². The summed E-state index contributed by atoms with van der Waals surface area (Å²) in [6.45, 7) is 0. The number of Topliss-reactive ketones (excluding diaryl/α,β-unsaturated/α-hetero) is 1. The van der Waals surface area contributed by atoms with Crippen LogP contribution in [0.5, 0.6) is 0 Å². The summed E-state index contributed by atoms with van der Waals surface area (Å²) in [4.78, 5) is 11.1. The van der Waals surface area contributed by atoms with Crippen molar-refractivity contribution < 1.29 is 9.90 Å². The van der Waals surface area contributed by atoms with Crippen molar-refractivity contribution in [2.75, 3.05) is 5.32 Å². The van der Waals surface area contributed by atoms with Crippen LogP contribution in [0.25, 0.3) is 0 Å². The van der Waals surface area contributed by atoms with E-state index in [1.54, 1.807) is 18.2 Å². The van der Waals surface area contributed by atoms with Gasteiger partial charge in [0.15, 0.2) is 6.23 Å². The smallest absolute Gasteiger partial charge is 0.213 e. The Morgan fingerprint density at radius 2 is 2.09 bits per heavy atom. The van der Waals surface area contributed by atoms with E-state index in [0.29, 0.717) is 11.3 Å². The first-order chi connectivity index (χ1) is 5.29. The number of hydrogen-bond acceptors (Lipinski definition) is 3. The zero-order valence-corrected chi connectivity index (χ0v) is 5.74. The van der Waals surface area contributed by atoms with E-state index >= 15 is 0 Å². The van der Waals surface area contributed by atoms with Crippen molar-refractivity contribution in [2.45, 2.75) is 6.23 Å². The molecule has 56 valence electrons. The Morgan fingerprint density at radius 3 is 2.82 bits per heavy atom. The van der Waals surface area contributed by atoms with Crippen molar-refractivity contribution in [3.05, 3.63) is 29.8 Å². The summed E-state index contributed by atoms with van der Waals surface area (Å²) >= 11 is 0. The van der Waals surface area contributed by atoms with Gasteiger partial charge in [0.05, 0.1) is 0 Å². The number of anilines is 1. The molecular weight excluding hydrogens is 142 g/mol. The van der Waals surface area contributed by atoms with Gasteiger partial charge >= 0.3 is 0 Å². The molecule has 3 nitrogen and oxygen atoms in total. The second-order valence-electron chi connectivity index (χ2n) is 2.46. The van der Waals surface area contributed by atoms with Gasteiger partial charge in [-0.25, -0.2) is 0 Å². The van der Waals surface area contributed by atoms with Crippen molar-refractivity contribution in [3.63, 3.8) is 0 Å². The highest BCUT2D eigenvalue weighted by molar-refractivity contribution is 6.09. The lowest BCUT2D eigenvalue weighted by molar-refractivity contribution is 0.0814. The number of carbonyl (C=O) groups excluding carboxylic acids is 1. The Bertz CT molecular complexity index is 309. The largest absolute Gasteiger partial charge is 0.367 e. The quantitative estimate of drug-likeness (QED) is 0.568. The van der Waals surface area contributed by atoms with Crippen LogP contribution in [0.1, 0.15) is 10.4 Å². The third kappa shape index (κ3) is 0.816. The summed E-state index contributed by atoms with van der Waals surface area (Å²) in [5, 5.41) is 11.7. The molecule has 0 saturated carbocycles. The number of aliphatic hydroxyl groups excluding tert-OH is 1. The molecule has 1 aromatic carbocycles. The SMILES string of the molecule is O=C1c2ccccc2NC1O. The van der Waals surface area contributed by atoms with Gasteiger partial charge in [-0.2, -0.15) is 0 Å². The first-order valence-electron chi connectivity index (χ1n) is 3.37. The van der Waals surface area contributed by atoms with E-state index < -0.39 is 6.23 Å². The highest BCUT2D eigenvalue weighted by Crippen LogP contribution is 2.23. The van der Waals surface area contributed by atoms with E-state index in [-0.39, 0.29) is 5.78 Å². The predicted molar refractivity (Wildman–Crippen MR) is 40.4 cm³/mol. The average molecular weight is 149 g/mol. The van der Waals surface area contributed by atoms with Crippen LogP contribution in [0, 0.1) is 0 Å². The third-order valence-electron chi connectivity index (χ3n) is 1.73. The number of ketones is 1. The Kier molecular flexibility index (Phi) is 1.20. The van der Waals surface area contributed by atoms with Crippen molar-refractivity contribution in [1.29, 1.82) is 0 Å². The van der Waals surface area contributed by atoms with Crippen LogP contribution in [0.2, 0.25) is 0 Å². The molecule has 1 atom stereocenters. The molecule has 0 amide bonds. The molecule has 0 spiro atoms. The fourth-order valence-corrected chi connectivity index (χ4v) is 1.18. The number of rotatable bonds is 0. The lowest BCUT2D eigenvalue weighted by Crippen LogP contribution is -2.20. The van der Waals surface area contributed by atoms with Crippen LogP contribution >= 0.6 is 0 Å². The Balaban J connectivity index is 2.55. The molecule has 3 heteroatoms. The highest BCUT2D eigenvalue weighted by atomic mass is 16.3. The highest BCUT2D eigenvalue weighted by Gasteiger charge is 2.26. The molecule has 0 aromatic heterocycles. The topological polar surface area (TPSA) is 49.3 Å². The molecule has 2 rings (SSSR count). The monoisotopic (exact) mass is 149 g/mol. The van der Waals surface area contributed by atoms with E-state index in [2.05, 4.69) is 5.32 Å². The summed E-state index contributed by atoms with van der Waals surface area (Å²) in [6.07, 6.45) is -1.05. The van der Waals surface area contributed by atoms with Crippen LogP contribution in [0.4, 0.5) is 5.69 Å². The van der Waals surface area contributed by atoms with Gasteiger partial charge in [0.1, 0.15) is 0 Å². The van der Waals surface area contributed by atoms with Crippen LogP contribution in [0.15, 0.2) is 24.3 Å². The van der Waals surface area contributed by atoms with Crippen LogP contribution < -0.4 is 5.32 Å². The zero-order chi connectivity index (χ0) is 7.84. The average Bonchev–Trinajstić information content (AvgIpc) is 2.30. The number of nitrogens with one attached hydrogen (secondary N) is 1. The summed E-state index contributed by atoms with van der Waals surface area (Å²) in [7, 11) is 0. The third-order valence-corrected chi connectivity index (χ3v) is 1.73. The predicted octanol–water partition coefficient (Wildman–Crippen LogP) is 0.613. The summed E-state index contributed by atoms with van der Waals surface area (Å²) in [5.41, 5.74) is 1.28. The van der Waals surface area contributed by atoms with Crippen molar-refractivity contribution in [1.82, 2.24) is 0 Å². The van der Waals surface area contributed by atoms with Gasteiger partial charge in [-0.3, -0.25) is 4.79 Å². The normalized spacial score (nSPS) is 21.2. The Hall–Kier alpha value is -1.35. The molecule has 1 aromatic rings. The van der Waals surface area contributed by atoms with E-state index in [1.165, 1.54) is 0 Å². The first-order valence-corrected chi connectivity index (χ1v) is 3.37. The summed E-state index contributed by atoms with van der Waals surface area (Å²) < 4.78 is 0. The molecule has 0 bridgehead atoms.